The van der Waals surface area contributed by atoms with E-state index in [-0.39, 0.29) is 31.1 Å². The van der Waals surface area contributed by atoms with Crippen LogP contribution in [0.15, 0.2) is 60.8 Å². The minimum Gasteiger partial charge on any atom is -0.462 e. The van der Waals surface area contributed by atoms with E-state index < -0.39 is 6.10 Å². The molecule has 0 bridgehead atoms. The van der Waals surface area contributed by atoms with Crippen LogP contribution in [0.2, 0.25) is 0 Å². The monoisotopic (exact) mass is 895 g/mol. The summed E-state index contributed by atoms with van der Waals surface area (Å²) in [7, 11) is 0. The van der Waals surface area contributed by atoms with Crippen LogP contribution in [0.5, 0.6) is 0 Å². The van der Waals surface area contributed by atoms with E-state index in [2.05, 4.69) is 81.5 Å². The van der Waals surface area contributed by atoms with Crippen LogP contribution in [-0.4, -0.2) is 37.2 Å². The van der Waals surface area contributed by atoms with Crippen molar-refractivity contribution in [2.24, 2.45) is 0 Å². The molecule has 370 valence electrons. The Balaban J connectivity index is 4.36. The van der Waals surface area contributed by atoms with E-state index in [0.717, 1.165) is 89.9 Å². The zero-order valence-corrected chi connectivity index (χ0v) is 42.3. The number of hydrogen-bond acceptors (Lipinski definition) is 6. The molecule has 0 saturated carbocycles. The molecule has 0 aromatic rings. The van der Waals surface area contributed by atoms with Gasteiger partial charge in [-0.15, -0.1) is 0 Å². The average molecular weight is 895 g/mol. The van der Waals surface area contributed by atoms with Crippen molar-refractivity contribution in [1.82, 2.24) is 0 Å². The third kappa shape index (κ3) is 50.1. The number of esters is 3. The van der Waals surface area contributed by atoms with Gasteiger partial charge < -0.3 is 14.2 Å². The Morgan fingerprint density at radius 3 is 1.09 bits per heavy atom. The van der Waals surface area contributed by atoms with Crippen LogP contribution in [0, 0.1) is 0 Å². The van der Waals surface area contributed by atoms with Crippen LogP contribution in [0.1, 0.15) is 271 Å². The summed E-state index contributed by atoms with van der Waals surface area (Å²) in [5.41, 5.74) is 0. The maximum atomic E-state index is 12.8. The number of carbonyl (C=O) groups is 3. The fourth-order valence-electron chi connectivity index (χ4n) is 7.64. The number of hydrogen-bond donors (Lipinski definition) is 0. The summed E-state index contributed by atoms with van der Waals surface area (Å²) in [6, 6.07) is 0. The molecule has 0 spiro atoms. The molecule has 6 nitrogen and oxygen atoms in total. The Labute approximate surface area is 396 Å². The lowest BCUT2D eigenvalue weighted by Crippen LogP contribution is -2.30. The van der Waals surface area contributed by atoms with E-state index in [1.54, 1.807) is 0 Å². The normalized spacial score (nSPS) is 12.5. The summed E-state index contributed by atoms with van der Waals surface area (Å²) >= 11 is 0. The quantitative estimate of drug-likeness (QED) is 0.0199. The van der Waals surface area contributed by atoms with Gasteiger partial charge in [0.25, 0.3) is 0 Å². The molecule has 0 heterocycles. The molecule has 1 atom stereocenters. The van der Waals surface area contributed by atoms with Gasteiger partial charge in [0, 0.05) is 19.3 Å². The van der Waals surface area contributed by atoms with Crippen molar-refractivity contribution in [1.29, 1.82) is 0 Å². The van der Waals surface area contributed by atoms with Crippen LogP contribution < -0.4 is 0 Å². The molecule has 0 aliphatic heterocycles. The van der Waals surface area contributed by atoms with Gasteiger partial charge in [0.2, 0.25) is 0 Å². The van der Waals surface area contributed by atoms with Gasteiger partial charge in [-0.3, -0.25) is 14.4 Å². The highest BCUT2D eigenvalue weighted by Crippen LogP contribution is 2.15. The summed E-state index contributed by atoms with van der Waals surface area (Å²) in [6.45, 7) is 6.49. The fourth-order valence-corrected chi connectivity index (χ4v) is 7.64. The first-order chi connectivity index (χ1) is 31.5. The Kier molecular flexibility index (Phi) is 50.4. The Hall–Kier alpha value is -2.89. The average Bonchev–Trinajstić information content (AvgIpc) is 3.29. The standard InChI is InChI=1S/C58H102O6/c1-4-7-10-13-16-19-22-25-27-28-29-30-31-34-36-39-42-45-48-51-57(60)63-54-55(53-62-56(59)50-47-44-41-38-35-32-24-21-18-15-12-9-6-3)64-58(61)52-49-46-43-40-37-33-26-23-20-17-14-11-8-5-2/h8,11,16-17,19-20,22,25,32,35,55H,4-7,9-10,12-15,18,21,23-24,26-31,33-34,36-54H2,1-3H3/b11-8-,19-16-,20-17-,25-22-,35-32-. The molecular formula is C58H102O6. The van der Waals surface area contributed by atoms with Gasteiger partial charge in [-0.2, -0.15) is 0 Å². The number of carbonyl (C=O) groups excluding carboxylic acids is 3. The second kappa shape index (κ2) is 52.7. The first-order valence-corrected chi connectivity index (χ1v) is 27.3. The first kappa shape index (κ1) is 61.1. The van der Waals surface area contributed by atoms with Gasteiger partial charge in [0.05, 0.1) is 0 Å². The zero-order valence-electron chi connectivity index (χ0n) is 42.3. The third-order valence-corrected chi connectivity index (χ3v) is 11.8. The number of unbranched alkanes of at least 4 members (excludes halogenated alkanes) is 29. The summed E-state index contributed by atoms with van der Waals surface area (Å²) in [6.07, 6.45) is 64.9. The lowest BCUT2D eigenvalue weighted by molar-refractivity contribution is -0.167. The van der Waals surface area contributed by atoms with Crippen LogP contribution in [0.25, 0.3) is 0 Å². The topological polar surface area (TPSA) is 78.9 Å². The van der Waals surface area contributed by atoms with E-state index in [1.165, 1.54) is 141 Å². The predicted molar refractivity (Wildman–Crippen MR) is 275 cm³/mol. The van der Waals surface area contributed by atoms with E-state index in [4.69, 9.17) is 14.2 Å². The Bertz CT molecular complexity index is 1170. The molecule has 0 aliphatic rings. The van der Waals surface area contributed by atoms with Crippen LogP contribution >= 0.6 is 0 Å². The molecule has 0 aromatic carbocycles. The van der Waals surface area contributed by atoms with Crippen molar-refractivity contribution in [3.63, 3.8) is 0 Å². The minimum atomic E-state index is -0.785. The first-order valence-electron chi connectivity index (χ1n) is 27.3. The second-order valence-electron chi connectivity index (χ2n) is 18.1. The van der Waals surface area contributed by atoms with Gasteiger partial charge in [0.1, 0.15) is 13.2 Å². The van der Waals surface area contributed by atoms with Gasteiger partial charge in [-0.1, -0.05) is 216 Å². The maximum absolute atomic E-state index is 12.8. The van der Waals surface area contributed by atoms with E-state index in [0.29, 0.717) is 19.3 Å². The number of allylic oxidation sites excluding steroid dienone is 10. The van der Waals surface area contributed by atoms with E-state index in [1.807, 2.05) is 0 Å². The van der Waals surface area contributed by atoms with Gasteiger partial charge >= 0.3 is 17.9 Å². The molecule has 0 aliphatic carbocycles. The highest BCUT2D eigenvalue weighted by atomic mass is 16.6. The summed E-state index contributed by atoms with van der Waals surface area (Å²) in [5, 5.41) is 0. The van der Waals surface area contributed by atoms with Crippen molar-refractivity contribution >= 4 is 17.9 Å². The van der Waals surface area contributed by atoms with Crippen molar-refractivity contribution in [2.45, 2.75) is 277 Å². The van der Waals surface area contributed by atoms with Crippen LogP contribution in [-0.2, 0) is 28.6 Å². The van der Waals surface area contributed by atoms with Crippen molar-refractivity contribution < 1.29 is 28.6 Å². The molecule has 0 radical (unpaired) electrons. The van der Waals surface area contributed by atoms with Crippen LogP contribution in [0.4, 0.5) is 0 Å². The highest BCUT2D eigenvalue weighted by Gasteiger charge is 2.19. The lowest BCUT2D eigenvalue weighted by Gasteiger charge is -2.18. The van der Waals surface area contributed by atoms with E-state index in [9.17, 15) is 14.4 Å². The molecule has 1 unspecified atom stereocenters. The smallest absolute Gasteiger partial charge is 0.306 e. The minimum absolute atomic E-state index is 0.0833. The zero-order chi connectivity index (χ0) is 46.5. The Morgan fingerprint density at radius 2 is 0.656 bits per heavy atom. The van der Waals surface area contributed by atoms with Gasteiger partial charge in [-0.05, 0) is 96.3 Å². The van der Waals surface area contributed by atoms with E-state index >= 15 is 0 Å². The molecule has 64 heavy (non-hydrogen) atoms. The van der Waals surface area contributed by atoms with Gasteiger partial charge in [0.15, 0.2) is 6.10 Å². The molecule has 0 saturated heterocycles. The molecule has 0 amide bonds. The van der Waals surface area contributed by atoms with Crippen LogP contribution in [0.3, 0.4) is 0 Å². The predicted octanol–water partition coefficient (Wildman–Crippen LogP) is 18.0. The number of ether oxygens (including phenoxy) is 3. The fraction of sp³-hybridized carbons (Fsp3) is 0.776. The second-order valence-corrected chi connectivity index (χ2v) is 18.1. The number of rotatable bonds is 49. The summed E-state index contributed by atoms with van der Waals surface area (Å²) in [4.78, 5) is 38.0. The molecule has 0 rings (SSSR count). The Morgan fingerprint density at radius 1 is 0.344 bits per heavy atom. The van der Waals surface area contributed by atoms with Crippen molar-refractivity contribution in [3.8, 4) is 0 Å². The van der Waals surface area contributed by atoms with Gasteiger partial charge in [-0.25, -0.2) is 0 Å². The molecule has 6 heteroatoms. The maximum Gasteiger partial charge on any atom is 0.306 e. The summed E-state index contributed by atoms with van der Waals surface area (Å²) < 4.78 is 16.8. The summed E-state index contributed by atoms with van der Waals surface area (Å²) in [5.74, 6) is -0.905. The molecule has 0 N–H and O–H groups in total. The van der Waals surface area contributed by atoms with Crippen molar-refractivity contribution in [2.75, 3.05) is 13.2 Å². The largest absolute Gasteiger partial charge is 0.462 e. The SMILES string of the molecule is CC/C=C\C/C=C\CCCCCCCCCC(=O)OC(COC(=O)CCCCC/C=C\CCCCCCCC)COC(=O)CCCCCCCCCCCC/C=C\C=C/CCCCC. The van der Waals surface area contributed by atoms with Crippen molar-refractivity contribution in [3.05, 3.63) is 60.8 Å². The molecule has 0 aromatic heterocycles. The third-order valence-electron chi connectivity index (χ3n) is 11.8. The molecular weight excluding hydrogens is 793 g/mol. The lowest BCUT2D eigenvalue weighted by atomic mass is 10.1. The highest BCUT2D eigenvalue weighted by molar-refractivity contribution is 5.71. The molecule has 0 fully saturated rings.